The molecule has 1 atom stereocenters. The Balaban J connectivity index is 1.80. The summed E-state index contributed by atoms with van der Waals surface area (Å²) < 4.78 is 13.8. The van der Waals surface area contributed by atoms with E-state index in [-0.39, 0.29) is 5.82 Å². The summed E-state index contributed by atoms with van der Waals surface area (Å²) in [5.41, 5.74) is 1.95. The van der Waals surface area contributed by atoms with Gasteiger partial charge in [-0.15, -0.1) is 11.3 Å². The van der Waals surface area contributed by atoms with Crippen molar-refractivity contribution in [3.05, 3.63) is 51.2 Å². The van der Waals surface area contributed by atoms with Gasteiger partial charge in [-0.2, -0.15) is 0 Å². The number of halogens is 1. The first-order valence-electron chi connectivity index (χ1n) is 7.73. The van der Waals surface area contributed by atoms with Crippen LogP contribution in [-0.4, -0.2) is 11.5 Å². The first kappa shape index (κ1) is 14.7. The molecule has 1 aromatic carbocycles. The van der Waals surface area contributed by atoms with Gasteiger partial charge in [0, 0.05) is 11.3 Å². The summed E-state index contributed by atoms with van der Waals surface area (Å²) in [5, 5.41) is 4.62. The van der Waals surface area contributed by atoms with E-state index in [1.165, 1.54) is 23.1 Å². The van der Waals surface area contributed by atoms with Crippen LogP contribution in [0.5, 0.6) is 0 Å². The Morgan fingerprint density at radius 1 is 1.38 bits per heavy atom. The lowest BCUT2D eigenvalue weighted by molar-refractivity contribution is 0.454. The van der Waals surface area contributed by atoms with Crippen LogP contribution in [0, 0.1) is 5.82 Å². The van der Waals surface area contributed by atoms with Crippen LogP contribution in [-0.2, 0) is 12.8 Å². The largest absolute Gasteiger partial charge is 0.309 e. The third-order valence-corrected chi connectivity index (χ3v) is 5.07. The highest BCUT2D eigenvalue weighted by atomic mass is 32.1. The van der Waals surface area contributed by atoms with Crippen LogP contribution >= 0.6 is 11.3 Å². The van der Waals surface area contributed by atoms with Gasteiger partial charge < -0.3 is 5.32 Å². The lowest BCUT2D eigenvalue weighted by Gasteiger charge is -2.22. The van der Waals surface area contributed by atoms with Crippen LogP contribution < -0.4 is 5.32 Å². The number of rotatable bonds is 5. The number of nitrogens with zero attached hydrogens (tertiary/aromatic N) is 1. The van der Waals surface area contributed by atoms with Gasteiger partial charge in [-0.05, 0) is 43.9 Å². The topological polar surface area (TPSA) is 24.9 Å². The minimum atomic E-state index is -0.133. The number of benzene rings is 1. The number of fused-ring (bicyclic) bond motifs is 1. The van der Waals surface area contributed by atoms with Crippen molar-refractivity contribution in [2.24, 2.45) is 0 Å². The number of nitrogens with one attached hydrogen (secondary N) is 1. The summed E-state index contributed by atoms with van der Waals surface area (Å²) in [4.78, 5) is 6.20. The highest BCUT2D eigenvalue weighted by Crippen LogP contribution is 2.34. The predicted molar refractivity (Wildman–Crippen MR) is 85.3 cm³/mol. The SMILES string of the molecule is CCCNC1CCCc2sc(Cc3ccccc3F)nc21. The molecule has 21 heavy (non-hydrogen) atoms. The average Bonchev–Trinajstić information content (AvgIpc) is 2.90. The zero-order valence-electron chi connectivity index (χ0n) is 12.4. The fourth-order valence-corrected chi connectivity index (χ4v) is 4.06. The highest BCUT2D eigenvalue weighted by molar-refractivity contribution is 7.11. The normalized spacial score (nSPS) is 17.7. The molecular formula is C17H21FN2S. The minimum Gasteiger partial charge on any atom is -0.309 e. The molecule has 1 heterocycles. The van der Waals surface area contributed by atoms with Gasteiger partial charge in [0.05, 0.1) is 16.7 Å². The fraction of sp³-hybridized carbons (Fsp3) is 0.471. The molecule has 3 rings (SSSR count). The van der Waals surface area contributed by atoms with Crippen molar-refractivity contribution in [3.8, 4) is 0 Å². The Morgan fingerprint density at radius 2 is 2.24 bits per heavy atom. The molecule has 0 aliphatic heterocycles. The molecule has 4 heteroatoms. The van der Waals surface area contributed by atoms with Crippen molar-refractivity contribution in [3.63, 3.8) is 0 Å². The molecule has 1 unspecified atom stereocenters. The van der Waals surface area contributed by atoms with E-state index in [4.69, 9.17) is 4.98 Å². The first-order chi connectivity index (χ1) is 10.3. The molecule has 0 spiro atoms. The van der Waals surface area contributed by atoms with Gasteiger partial charge in [-0.1, -0.05) is 25.1 Å². The minimum absolute atomic E-state index is 0.133. The van der Waals surface area contributed by atoms with Crippen molar-refractivity contribution in [2.45, 2.75) is 45.1 Å². The number of thiazole rings is 1. The lowest BCUT2D eigenvalue weighted by atomic mass is 9.97. The van der Waals surface area contributed by atoms with Crippen molar-refractivity contribution < 1.29 is 4.39 Å². The van der Waals surface area contributed by atoms with Gasteiger partial charge in [-0.25, -0.2) is 9.37 Å². The standard InChI is InChI=1S/C17H21FN2S/c1-2-10-19-14-8-5-9-15-17(14)20-16(21-15)11-12-6-3-4-7-13(12)18/h3-4,6-7,14,19H,2,5,8-11H2,1H3. The molecule has 0 saturated heterocycles. The van der Waals surface area contributed by atoms with Crippen molar-refractivity contribution in [1.82, 2.24) is 10.3 Å². The Morgan fingerprint density at radius 3 is 3.05 bits per heavy atom. The van der Waals surface area contributed by atoms with E-state index < -0.39 is 0 Å². The molecule has 0 saturated carbocycles. The van der Waals surface area contributed by atoms with E-state index in [1.54, 1.807) is 17.4 Å². The van der Waals surface area contributed by atoms with Gasteiger partial charge >= 0.3 is 0 Å². The second-order valence-electron chi connectivity index (χ2n) is 5.58. The van der Waals surface area contributed by atoms with Crippen LogP contribution in [0.3, 0.4) is 0 Å². The number of hydrogen-bond donors (Lipinski definition) is 1. The zero-order valence-corrected chi connectivity index (χ0v) is 13.2. The van der Waals surface area contributed by atoms with Gasteiger partial charge in [0.25, 0.3) is 0 Å². The lowest BCUT2D eigenvalue weighted by Crippen LogP contribution is -2.25. The monoisotopic (exact) mass is 304 g/mol. The summed E-state index contributed by atoms with van der Waals surface area (Å²) in [6.45, 7) is 3.21. The summed E-state index contributed by atoms with van der Waals surface area (Å²) >= 11 is 1.76. The van der Waals surface area contributed by atoms with Crippen LogP contribution in [0.1, 0.15) is 53.4 Å². The van der Waals surface area contributed by atoms with Gasteiger partial charge in [0.2, 0.25) is 0 Å². The maximum absolute atomic E-state index is 13.8. The molecule has 1 N–H and O–H groups in total. The molecule has 2 aromatic rings. The number of aromatic nitrogens is 1. The van der Waals surface area contributed by atoms with Crippen LogP contribution in [0.15, 0.2) is 24.3 Å². The summed E-state index contributed by atoms with van der Waals surface area (Å²) in [5.74, 6) is -0.133. The van der Waals surface area contributed by atoms with Crippen molar-refractivity contribution in [1.29, 1.82) is 0 Å². The molecule has 0 amide bonds. The second kappa shape index (κ2) is 6.67. The smallest absolute Gasteiger partial charge is 0.126 e. The maximum Gasteiger partial charge on any atom is 0.126 e. The van der Waals surface area contributed by atoms with E-state index in [0.29, 0.717) is 12.5 Å². The molecule has 0 bridgehead atoms. The van der Waals surface area contributed by atoms with E-state index in [1.807, 2.05) is 12.1 Å². The van der Waals surface area contributed by atoms with E-state index >= 15 is 0 Å². The maximum atomic E-state index is 13.8. The van der Waals surface area contributed by atoms with Crippen molar-refractivity contribution >= 4 is 11.3 Å². The molecule has 0 fully saturated rings. The molecule has 0 radical (unpaired) electrons. The van der Waals surface area contributed by atoms with Gasteiger partial charge in [0.15, 0.2) is 0 Å². The molecule has 1 aliphatic rings. The van der Waals surface area contributed by atoms with E-state index in [9.17, 15) is 4.39 Å². The summed E-state index contributed by atoms with van der Waals surface area (Å²) in [6, 6.07) is 7.38. The quantitative estimate of drug-likeness (QED) is 0.893. The molecule has 1 aromatic heterocycles. The van der Waals surface area contributed by atoms with Crippen molar-refractivity contribution in [2.75, 3.05) is 6.54 Å². The van der Waals surface area contributed by atoms with Gasteiger partial charge in [-0.3, -0.25) is 0 Å². The Hall–Kier alpha value is -1.26. The van der Waals surface area contributed by atoms with Crippen LogP contribution in [0.25, 0.3) is 0 Å². The van der Waals surface area contributed by atoms with E-state index in [2.05, 4.69) is 12.2 Å². The third-order valence-electron chi connectivity index (χ3n) is 3.94. The number of aryl methyl sites for hydroxylation is 1. The number of hydrogen-bond acceptors (Lipinski definition) is 3. The van der Waals surface area contributed by atoms with E-state index in [0.717, 1.165) is 36.4 Å². The fourth-order valence-electron chi connectivity index (χ4n) is 2.87. The second-order valence-corrected chi connectivity index (χ2v) is 6.75. The zero-order chi connectivity index (χ0) is 14.7. The Labute approximate surface area is 129 Å². The highest BCUT2D eigenvalue weighted by Gasteiger charge is 2.24. The summed E-state index contributed by atoms with van der Waals surface area (Å²) in [6.07, 6.45) is 5.24. The summed E-state index contributed by atoms with van der Waals surface area (Å²) in [7, 11) is 0. The first-order valence-corrected chi connectivity index (χ1v) is 8.55. The Bertz CT molecular complexity index is 609. The molecule has 2 nitrogen and oxygen atoms in total. The van der Waals surface area contributed by atoms with Crippen LogP contribution in [0.4, 0.5) is 4.39 Å². The molecular weight excluding hydrogens is 283 g/mol. The van der Waals surface area contributed by atoms with Crippen LogP contribution in [0.2, 0.25) is 0 Å². The average molecular weight is 304 g/mol. The third kappa shape index (κ3) is 3.33. The molecule has 1 aliphatic carbocycles. The van der Waals surface area contributed by atoms with Gasteiger partial charge in [0.1, 0.15) is 5.82 Å². The predicted octanol–water partition coefficient (Wildman–Crippen LogP) is 4.25. The Kier molecular flexibility index (Phi) is 4.66. The molecule has 112 valence electrons.